The number of aryl methyl sites for hydroxylation is 2. The molecule has 3 aromatic rings. The van der Waals surface area contributed by atoms with Gasteiger partial charge in [0.05, 0.1) is 18.4 Å². The summed E-state index contributed by atoms with van der Waals surface area (Å²) in [6, 6.07) is 15.5. The van der Waals surface area contributed by atoms with Gasteiger partial charge < -0.3 is 19.9 Å². The summed E-state index contributed by atoms with van der Waals surface area (Å²) < 4.78 is 6.79. The summed E-state index contributed by atoms with van der Waals surface area (Å²) >= 11 is 0. The van der Waals surface area contributed by atoms with Gasteiger partial charge in [-0.05, 0) is 68.3 Å². The topological polar surface area (TPSA) is 110 Å². The van der Waals surface area contributed by atoms with Crippen molar-refractivity contribution in [2.75, 3.05) is 19.0 Å². The van der Waals surface area contributed by atoms with Gasteiger partial charge in [-0.15, -0.1) is 0 Å². The quantitative estimate of drug-likeness (QED) is 0.314. The van der Waals surface area contributed by atoms with Crippen LogP contribution < -0.4 is 10.6 Å². The Morgan fingerprint density at radius 1 is 1.03 bits per heavy atom. The van der Waals surface area contributed by atoms with Crippen LogP contribution in [0.2, 0.25) is 0 Å². The summed E-state index contributed by atoms with van der Waals surface area (Å²) in [5.74, 6) is -1.54. The van der Waals surface area contributed by atoms with Crippen molar-refractivity contribution < 1.29 is 23.9 Å². The van der Waals surface area contributed by atoms with E-state index in [2.05, 4.69) is 10.6 Å². The first kappa shape index (κ1) is 24.5. The number of ether oxygens (including phenoxy) is 1. The molecule has 1 aromatic heterocycles. The minimum atomic E-state index is -0.671. The van der Waals surface area contributed by atoms with E-state index in [1.807, 2.05) is 43.5 Å². The third-order valence-corrected chi connectivity index (χ3v) is 5.89. The Morgan fingerprint density at radius 3 is 2.50 bits per heavy atom. The van der Waals surface area contributed by atoms with Crippen LogP contribution in [0.15, 0.2) is 60.3 Å². The van der Waals surface area contributed by atoms with E-state index in [9.17, 15) is 19.2 Å². The van der Waals surface area contributed by atoms with Crippen molar-refractivity contribution in [2.45, 2.75) is 20.8 Å². The molecule has 184 valence electrons. The third-order valence-electron chi connectivity index (χ3n) is 5.89. The van der Waals surface area contributed by atoms with Crippen LogP contribution in [0.1, 0.15) is 32.9 Å². The van der Waals surface area contributed by atoms with E-state index >= 15 is 0 Å². The zero-order valence-corrected chi connectivity index (χ0v) is 20.4. The fourth-order valence-corrected chi connectivity index (χ4v) is 4.19. The summed E-state index contributed by atoms with van der Waals surface area (Å²) in [4.78, 5) is 51.0. The molecule has 0 atom stereocenters. The molecule has 0 aliphatic carbocycles. The monoisotopic (exact) mass is 486 g/mol. The Bertz CT molecular complexity index is 1420. The molecule has 4 rings (SSSR count). The fraction of sp³-hybridized carbons (Fsp3) is 0.185. The maximum atomic E-state index is 12.9. The minimum absolute atomic E-state index is 0.0601. The normalized spacial score (nSPS) is 14.2. The average Bonchev–Trinajstić information content (AvgIpc) is 3.27. The Balaban J connectivity index is 1.57. The molecule has 0 bridgehead atoms. The molecule has 1 saturated heterocycles. The summed E-state index contributed by atoms with van der Waals surface area (Å²) in [7, 11) is 1.33. The van der Waals surface area contributed by atoms with Crippen molar-refractivity contribution in [2.24, 2.45) is 0 Å². The lowest BCUT2D eigenvalue weighted by atomic mass is 10.1. The predicted octanol–water partition coefficient (Wildman–Crippen LogP) is 3.72. The van der Waals surface area contributed by atoms with Gasteiger partial charge >= 0.3 is 12.0 Å². The highest BCUT2D eigenvalue weighted by atomic mass is 16.5. The number of imide groups is 1. The average molecular weight is 487 g/mol. The fourth-order valence-electron chi connectivity index (χ4n) is 4.19. The van der Waals surface area contributed by atoms with Crippen molar-refractivity contribution in [1.29, 1.82) is 0 Å². The van der Waals surface area contributed by atoms with E-state index in [0.717, 1.165) is 21.9 Å². The van der Waals surface area contributed by atoms with Crippen LogP contribution in [0.25, 0.3) is 11.8 Å². The highest BCUT2D eigenvalue weighted by Crippen LogP contribution is 2.26. The Labute approximate surface area is 208 Å². The molecule has 2 heterocycles. The van der Waals surface area contributed by atoms with Crippen LogP contribution in [0.3, 0.4) is 0 Å². The first-order chi connectivity index (χ1) is 17.2. The number of carbonyl (C=O) groups excluding carboxylic acids is 4. The van der Waals surface area contributed by atoms with E-state index in [4.69, 9.17) is 4.74 Å². The number of para-hydroxylation sites is 1. The molecule has 2 aromatic carbocycles. The Hall–Kier alpha value is -4.66. The maximum absolute atomic E-state index is 12.9. The molecule has 9 heteroatoms. The number of nitrogens with zero attached hydrogens (tertiary/aromatic N) is 2. The van der Waals surface area contributed by atoms with E-state index in [1.165, 1.54) is 7.11 Å². The summed E-state index contributed by atoms with van der Waals surface area (Å²) in [5.41, 5.74) is 4.92. The molecule has 1 aliphatic rings. The Morgan fingerprint density at radius 2 is 1.78 bits per heavy atom. The number of urea groups is 1. The number of amides is 4. The number of hydrogen-bond donors (Lipinski definition) is 2. The highest BCUT2D eigenvalue weighted by molar-refractivity contribution is 6.16. The third kappa shape index (κ3) is 4.76. The molecule has 0 spiro atoms. The number of anilines is 1. The molecule has 4 amide bonds. The second-order valence-corrected chi connectivity index (χ2v) is 8.47. The second kappa shape index (κ2) is 9.91. The molecular formula is C27H26N4O5. The summed E-state index contributed by atoms with van der Waals surface area (Å²) in [5, 5.41) is 5.25. The van der Waals surface area contributed by atoms with Crippen LogP contribution in [-0.2, 0) is 14.3 Å². The van der Waals surface area contributed by atoms with Crippen LogP contribution in [-0.4, -0.2) is 46.9 Å². The predicted molar refractivity (Wildman–Crippen MR) is 135 cm³/mol. The maximum Gasteiger partial charge on any atom is 0.339 e. The van der Waals surface area contributed by atoms with Gasteiger partial charge in [0, 0.05) is 17.1 Å². The van der Waals surface area contributed by atoms with Crippen molar-refractivity contribution >= 4 is 35.6 Å². The van der Waals surface area contributed by atoms with Gasteiger partial charge in [-0.25, -0.2) is 14.5 Å². The lowest BCUT2D eigenvalue weighted by Crippen LogP contribution is -2.38. The van der Waals surface area contributed by atoms with Crippen LogP contribution in [0, 0.1) is 20.8 Å². The standard InChI is InChI=1S/C27H26N4O5/c1-16-8-7-9-20(12-16)28-24(32)15-30-25(33)22(29-27(30)35)14-19-13-17(2)31(18(19)3)23-11-6-5-10-21(23)26(34)36-4/h5-14H,15H2,1-4H3,(H,28,32)(H,29,35)/b22-14+. The number of aromatic nitrogens is 1. The number of esters is 1. The largest absolute Gasteiger partial charge is 0.465 e. The van der Waals surface area contributed by atoms with Gasteiger partial charge in [0.1, 0.15) is 12.2 Å². The number of carbonyl (C=O) groups is 4. The number of methoxy groups -OCH3 is 1. The number of rotatable bonds is 6. The molecule has 0 radical (unpaired) electrons. The van der Waals surface area contributed by atoms with E-state index < -0.39 is 30.4 Å². The first-order valence-electron chi connectivity index (χ1n) is 11.3. The molecule has 36 heavy (non-hydrogen) atoms. The molecule has 0 saturated carbocycles. The Kier molecular flexibility index (Phi) is 6.73. The van der Waals surface area contributed by atoms with Crippen LogP contribution in [0.4, 0.5) is 10.5 Å². The van der Waals surface area contributed by atoms with Crippen molar-refractivity contribution in [3.8, 4) is 5.69 Å². The van der Waals surface area contributed by atoms with Gasteiger partial charge in [0.25, 0.3) is 5.91 Å². The summed E-state index contributed by atoms with van der Waals surface area (Å²) in [6.45, 7) is 5.21. The zero-order valence-electron chi connectivity index (χ0n) is 20.4. The molecule has 2 N–H and O–H groups in total. The molecule has 1 aliphatic heterocycles. The van der Waals surface area contributed by atoms with Crippen molar-refractivity contribution in [3.05, 3.63) is 88.4 Å². The van der Waals surface area contributed by atoms with Gasteiger partial charge in [0.2, 0.25) is 5.91 Å². The number of benzene rings is 2. The van der Waals surface area contributed by atoms with Gasteiger partial charge in [-0.2, -0.15) is 0 Å². The number of hydrogen-bond acceptors (Lipinski definition) is 5. The molecule has 1 fully saturated rings. The van der Waals surface area contributed by atoms with Gasteiger partial charge in [0.15, 0.2) is 0 Å². The molecular weight excluding hydrogens is 460 g/mol. The van der Waals surface area contributed by atoms with Gasteiger partial charge in [-0.3, -0.25) is 9.59 Å². The lowest BCUT2D eigenvalue weighted by molar-refractivity contribution is -0.127. The van der Waals surface area contributed by atoms with E-state index in [0.29, 0.717) is 22.5 Å². The SMILES string of the molecule is COC(=O)c1ccccc1-n1c(C)cc(/C=C2/NC(=O)N(CC(=O)Nc3cccc(C)c3)C2=O)c1C. The first-order valence-corrected chi connectivity index (χ1v) is 11.3. The van der Waals surface area contributed by atoms with Crippen molar-refractivity contribution in [1.82, 2.24) is 14.8 Å². The second-order valence-electron chi connectivity index (χ2n) is 8.47. The zero-order chi connectivity index (χ0) is 26.0. The van der Waals surface area contributed by atoms with E-state index in [1.54, 1.807) is 42.5 Å². The smallest absolute Gasteiger partial charge is 0.339 e. The molecule has 0 unspecified atom stereocenters. The minimum Gasteiger partial charge on any atom is -0.465 e. The molecule has 9 nitrogen and oxygen atoms in total. The van der Waals surface area contributed by atoms with Crippen LogP contribution >= 0.6 is 0 Å². The summed E-state index contributed by atoms with van der Waals surface area (Å²) in [6.07, 6.45) is 1.57. The van der Waals surface area contributed by atoms with E-state index in [-0.39, 0.29) is 5.70 Å². The van der Waals surface area contributed by atoms with Crippen LogP contribution in [0.5, 0.6) is 0 Å². The lowest BCUT2D eigenvalue weighted by Gasteiger charge is -2.13. The highest BCUT2D eigenvalue weighted by Gasteiger charge is 2.35. The number of nitrogens with one attached hydrogen (secondary N) is 2. The van der Waals surface area contributed by atoms with Crippen molar-refractivity contribution in [3.63, 3.8) is 0 Å². The van der Waals surface area contributed by atoms with Gasteiger partial charge in [-0.1, -0.05) is 24.3 Å².